The second kappa shape index (κ2) is 9.99. The molecule has 0 radical (unpaired) electrons. The Morgan fingerprint density at radius 1 is 1.11 bits per heavy atom. The van der Waals surface area contributed by atoms with Crippen LogP contribution in [0.2, 0.25) is 0 Å². The van der Waals surface area contributed by atoms with Crippen LogP contribution >= 0.6 is 0 Å². The summed E-state index contributed by atoms with van der Waals surface area (Å²) >= 11 is 0. The smallest absolute Gasteiger partial charge is 0.330 e. The van der Waals surface area contributed by atoms with E-state index in [9.17, 15) is 27.6 Å². The highest BCUT2D eigenvalue weighted by Gasteiger charge is 2.23. The molecule has 0 saturated heterocycles. The Balaban J connectivity index is 3.06. The van der Waals surface area contributed by atoms with Gasteiger partial charge in [0.15, 0.2) is 6.23 Å². The summed E-state index contributed by atoms with van der Waals surface area (Å²) in [4.78, 5) is 47.3. The molecule has 1 aromatic heterocycles. The van der Waals surface area contributed by atoms with Crippen molar-refractivity contribution in [2.24, 2.45) is 0 Å². The van der Waals surface area contributed by atoms with Gasteiger partial charge in [-0.25, -0.2) is 4.79 Å². The molecule has 13 heteroatoms. The number of hydrogen-bond acceptors (Lipinski definition) is 10. The van der Waals surface area contributed by atoms with Crippen LogP contribution in [0.3, 0.4) is 0 Å². The van der Waals surface area contributed by atoms with E-state index in [1.807, 2.05) is 4.98 Å². The highest BCUT2D eigenvalue weighted by Crippen LogP contribution is 2.12. The zero-order valence-electron chi connectivity index (χ0n) is 14.9. The molecule has 0 spiro atoms. The number of H-pyrrole nitrogens is 1. The molecule has 1 heterocycles. The molecule has 0 unspecified atom stereocenters. The first-order valence-corrected chi connectivity index (χ1v) is 9.37. The Morgan fingerprint density at radius 3 is 2.22 bits per heavy atom. The predicted molar refractivity (Wildman–Crippen MR) is 89.3 cm³/mol. The number of esters is 2. The number of carbonyl (C=O) groups is 2. The monoisotopic (exact) mass is 408 g/mol. The number of rotatable bonds is 10. The minimum Gasteiger partial charge on any atom is -0.463 e. The molecule has 2 atom stereocenters. The third kappa shape index (κ3) is 9.12. The van der Waals surface area contributed by atoms with Gasteiger partial charge in [-0.3, -0.25) is 28.1 Å². The number of ether oxygens (including phenoxy) is 3. The van der Waals surface area contributed by atoms with Gasteiger partial charge in [-0.2, -0.15) is 8.42 Å². The van der Waals surface area contributed by atoms with Crippen LogP contribution in [0.25, 0.3) is 0 Å². The molecule has 1 N–H and O–H groups in total. The predicted octanol–water partition coefficient (Wildman–Crippen LogP) is -1.48. The Bertz CT molecular complexity index is 872. The van der Waals surface area contributed by atoms with Crippen LogP contribution in [0.15, 0.2) is 21.9 Å². The first-order valence-electron chi connectivity index (χ1n) is 7.56. The molecule has 27 heavy (non-hydrogen) atoms. The minimum atomic E-state index is -3.82. The van der Waals surface area contributed by atoms with Crippen LogP contribution in [-0.4, -0.2) is 62.1 Å². The highest BCUT2D eigenvalue weighted by atomic mass is 32.2. The number of nitrogens with zero attached hydrogens (tertiary/aromatic N) is 1. The van der Waals surface area contributed by atoms with Gasteiger partial charge in [0.1, 0.15) is 19.3 Å². The summed E-state index contributed by atoms with van der Waals surface area (Å²) in [6.07, 6.45) is -0.445. The highest BCUT2D eigenvalue weighted by molar-refractivity contribution is 7.85. The Hall–Kier alpha value is -2.51. The van der Waals surface area contributed by atoms with Gasteiger partial charge in [-0.1, -0.05) is 0 Å². The van der Waals surface area contributed by atoms with Crippen molar-refractivity contribution < 1.29 is 36.4 Å². The molecule has 12 nitrogen and oxygen atoms in total. The fourth-order valence-corrected chi connectivity index (χ4v) is 2.19. The van der Waals surface area contributed by atoms with E-state index >= 15 is 0 Å². The molecule has 0 aromatic carbocycles. The van der Waals surface area contributed by atoms with Gasteiger partial charge in [-0.05, 0) is 0 Å². The van der Waals surface area contributed by atoms with Gasteiger partial charge < -0.3 is 14.2 Å². The topological polar surface area (TPSA) is 160 Å². The van der Waals surface area contributed by atoms with E-state index in [2.05, 4.69) is 4.18 Å². The number of nitrogens with one attached hydrogen (secondary N) is 1. The molecule has 0 bridgehead atoms. The van der Waals surface area contributed by atoms with Crippen molar-refractivity contribution in [2.45, 2.75) is 26.2 Å². The van der Waals surface area contributed by atoms with Gasteiger partial charge >= 0.3 is 17.6 Å². The molecule has 1 aromatic rings. The van der Waals surface area contributed by atoms with Crippen molar-refractivity contribution >= 4 is 22.1 Å². The van der Waals surface area contributed by atoms with E-state index in [0.29, 0.717) is 0 Å². The van der Waals surface area contributed by atoms with Crippen molar-refractivity contribution in [3.63, 3.8) is 0 Å². The maximum Gasteiger partial charge on any atom is 0.330 e. The van der Waals surface area contributed by atoms with Gasteiger partial charge in [-0.15, -0.1) is 0 Å². The molecular formula is C14H20N2O10S. The quantitative estimate of drug-likeness (QED) is 0.357. The second-order valence-corrected chi connectivity index (χ2v) is 6.97. The summed E-state index contributed by atoms with van der Waals surface area (Å²) < 4.78 is 43.1. The third-order valence-electron chi connectivity index (χ3n) is 2.88. The van der Waals surface area contributed by atoms with Gasteiger partial charge in [0.2, 0.25) is 0 Å². The van der Waals surface area contributed by atoms with Crippen molar-refractivity contribution in [3.8, 4) is 0 Å². The van der Waals surface area contributed by atoms with Gasteiger partial charge in [0.25, 0.3) is 15.7 Å². The van der Waals surface area contributed by atoms with Gasteiger partial charge in [0.05, 0.1) is 12.9 Å². The maximum atomic E-state index is 12.0. The Labute approximate surface area is 154 Å². The van der Waals surface area contributed by atoms with E-state index in [4.69, 9.17) is 14.2 Å². The van der Waals surface area contributed by atoms with Crippen LogP contribution in [-0.2, 0) is 38.1 Å². The zero-order valence-corrected chi connectivity index (χ0v) is 15.7. The summed E-state index contributed by atoms with van der Waals surface area (Å²) in [6, 6.07) is 1.04. The third-order valence-corrected chi connectivity index (χ3v) is 3.44. The molecule has 0 aliphatic rings. The van der Waals surface area contributed by atoms with Crippen molar-refractivity contribution in [3.05, 3.63) is 33.1 Å². The van der Waals surface area contributed by atoms with Gasteiger partial charge in [0, 0.05) is 26.1 Å². The Morgan fingerprint density at radius 2 is 1.70 bits per heavy atom. The maximum absolute atomic E-state index is 12.0. The lowest BCUT2D eigenvalue weighted by Crippen LogP contribution is -2.38. The second-order valence-electron chi connectivity index (χ2n) is 5.32. The van der Waals surface area contributed by atoms with Crippen LogP contribution in [0, 0.1) is 0 Å². The molecule has 0 amide bonds. The standard InChI is InChI=1S/C14H20N2O10S/c1-9(17)23-6-11(7-25-27(3,21)22)26-13(8-24-10(2)18)16-5-4-12(19)15-14(16)20/h4-5,11,13H,6-8H2,1-3H3,(H,15,19,20)/t11-,13-/m1/s1. The van der Waals surface area contributed by atoms with E-state index in [1.54, 1.807) is 0 Å². The van der Waals surface area contributed by atoms with Crippen LogP contribution in [0.1, 0.15) is 20.1 Å². The average Bonchev–Trinajstić information content (AvgIpc) is 2.52. The van der Waals surface area contributed by atoms with E-state index < -0.39 is 58.9 Å². The number of hydrogen-bond donors (Lipinski definition) is 1. The fourth-order valence-electron chi connectivity index (χ4n) is 1.79. The molecule has 0 saturated carbocycles. The molecule has 0 fully saturated rings. The van der Waals surface area contributed by atoms with Crippen LogP contribution in [0.5, 0.6) is 0 Å². The molecule has 152 valence electrons. The Kier molecular flexibility index (Phi) is 8.33. The number of aromatic amines is 1. The normalized spacial score (nSPS) is 13.6. The molecular weight excluding hydrogens is 388 g/mol. The van der Waals surface area contributed by atoms with Crippen LogP contribution in [0.4, 0.5) is 0 Å². The summed E-state index contributed by atoms with van der Waals surface area (Å²) in [5.74, 6) is -1.31. The number of aromatic nitrogens is 2. The van der Waals surface area contributed by atoms with E-state index in [-0.39, 0.29) is 6.61 Å². The SMILES string of the molecule is CC(=O)OC[C@H](COS(C)(=O)=O)O[C@H](COC(C)=O)n1ccc(=O)[nH]c1=O. The first kappa shape index (κ1) is 22.5. The lowest BCUT2D eigenvalue weighted by atomic mass is 10.4. The van der Waals surface area contributed by atoms with Crippen molar-refractivity contribution in [1.82, 2.24) is 9.55 Å². The molecule has 0 aliphatic carbocycles. The van der Waals surface area contributed by atoms with Crippen molar-refractivity contribution in [2.75, 3.05) is 26.1 Å². The van der Waals surface area contributed by atoms with Crippen LogP contribution < -0.4 is 11.2 Å². The fraction of sp³-hybridized carbons (Fsp3) is 0.571. The first-order chi connectivity index (χ1) is 12.5. The van der Waals surface area contributed by atoms with E-state index in [1.165, 1.54) is 0 Å². The van der Waals surface area contributed by atoms with E-state index in [0.717, 1.165) is 36.9 Å². The number of carbonyl (C=O) groups excluding carboxylic acids is 2. The minimum absolute atomic E-state index is 0.389. The summed E-state index contributed by atoms with van der Waals surface area (Å²) in [7, 11) is -3.82. The molecule has 1 rings (SSSR count). The summed E-state index contributed by atoms with van der Waals surface area (Å²) in [6.45, 7) is 0.921. The average molecular weight is 408 g/mol. The lowest BCUT2D eigenvalue weighted by Gasteiger charge is -2.25. The lowest BCUT2D eigenvalue weighted by molar-refractivity contribution is -0.162. The largest absolute Gasteiger partial charge is 0.463 e. The summed E-state index contributed by atoms with van der Waals surface area (Å²) in [5.41, 5.74) is -1.51. The van der Waals surface area contributed by atoms with Crippen molar-refractivity contribution in [1.29, 1.82) is 0 Å². The molecule has 0 aliphatic heterocycles. The summed E-state index contributed by atoms with van der Waals surface area (Å²) in [5, 5.41) is 0. The zero-order chi connectivity index (χ0) is 20.6.